The molecule has 0 unspecified atom stereocenters. The molecule has 0 N–H and O–H groups in total. The molecule has 6 rings (SSSR count). The Hall–Kier alpha value is -4.30. The van der Waals surface area contributed by atoms with Crippen molar-refractivity contribution in [1.29, 1.82) is 0 Å². The predicted molar refractivity (Wildman–Crippen MR) is 160 cm³/mol. The van der Waals surface area contributed by atoms with Crippen LogP contribution in [-0.2, 0) is 12.8 Å². The van der Waals surface area contributed by atoms with Gasteiger partial charge in [-0.3, -0.25) is 0 Å². The molecule has 1 aliphatic rings. The minimum absolute atomic E-state index is 0.866. The Bertz CT molecular complexity index is 1530. The van der Waals surface area contributed by atoms with Crippen LogP contribution in [-0.4, -0.2) is 0 Å². The average molecular weight is 496 g/mol. The van der Waals surface area contributed by atoms with Gasteiger partial charge in [0.2, 0.25) is 0 Å². The number of nitrogens with zero attached hydrogens (tertiary/aromatic N) is 1. The third-order valence-electron chi connectivity index (χ3n) is 7.37. The van der Waals surface area contributed by atoms with Crippen molar-refractivity contribution in [2.24, 2.45) is 0 Å². The molecule has 2 nitrogen and oxygen atoms in total. The summed E-state index contributed by atoms with van der Waals surface area (Å²) in [5.41, 5.74) is 13.5. The van der Waals surface area contributed by atoms with E-state index >= 15 is 0 Å². The summed E-state index contributed by atoms with van der Waals surface area (Å²) in [5.74, 6) is 1.73. The van der Waals surface area contributed by atoms with Crippen molar-refractivity contribution in [2.75, 3.05) is 4.90 Å². The lowest BCUT2D eigenvalue weighted by molar-refractivity contribution is 0.477. The van der Waals surface area contributed by atoms with Crippen LogP contribution < -0.4 is 9.64 Å². The summed E-state index contributed by atoms with van der Waals surface area (Å²) in [6.45, 7) is 8.83. The van der Waals surface area contributed by atoms with E-state index in [1.54, 1.807) is 0 Å². The Morgan fingerprint density at radius 2 is 0.974 bits per heavy atom. The molecule has 0 amide bonds. The van der Waals surface area contributed by atoms with Gasteiger partial charge in [0.1, 0.15) is 0 Å². The highest BCUT2D eigenvalue weighted by Crippen LogP contribution is 2.51. The second kappa shape index (κ2) is 9.87. The number of aryl methyl sites for hydroxylation is 4. The first kappa shape index (κ1) is 24.1. The first-order valence-corrected chi connectivity index (χ1v) is 13.6. The number of anilines is 3. The normalized spacial score (nSPS) is 12.1. The molecule has 1 heterocycles. The molecule has 0 radical (unpaired) electrons. The molecule has 188 valence electrons. The minimum atomic E-state index is 0.866. The summed E-state index contributed by atoms with van der Waals surface area (Å²) in [5, 5.41) is 0. The second-order valence-electron chi connectivity index (χ2n) is 10.3. The number of para-hydroxylation sites is 4. The highest BCUT2D eigenvalue weighted by atomic mass is 16.5. The van der Waals surface area contributed by atoms with Crippen molar-refractivity contribution in [3.8, 4) is 33.8 Å². The van der Waals surface area contributed by atoms with Gasteiger partial charge in [-0.2, -0.15) is 0 Å². The van der Waals surface area contributed by atoms with Gasteiger partial charge in [-0.05, 0) is 103 Å². The Balaban J connectivity index is 1.62. The van der Waals surface area contributed by atoms with Crippen LogP contribution in [0.2, 0.25) is 0 Å². The maximum absolute atomic E-state index is 6.31. The Morgan fingerprint density at radius 1 is 0.526 bits per heavy atom. The third-order valence-corrected chi connectivity index (χ3v) is 7.37. The number of benzene rings is 5. The fourth-order valence-corrected chi connectivity index (χ4v) is 5.52. The van der Waals surface area contributed by atoms with Gasteiger partial charge in [0.15, 0.2) is 11.5 Å². The fraction of sp³-hybridized carbons (Fsp3) is 0.167. The van der Waals surface area contributed by atoms with Gasteiger partial charge in [0.25, 0.3) is 0 Å². The molecule has 0 atom stereocenters. The average Bonchev–Trinajstić information content (AvgIpc) is 2.94. The van der Waals surface area contributed by atoms with Crippen LogP contribution in [0, 0.1) is 13.8 Å². The predicted octanol–water partition coefficient (Wildman–Crippen LogP) is 10.3. The molecule has 0 spiro atoms. The topological polar surface area (TPSA) is 12.5 Å². The van der Waals surface area contributed by atoms with E-state index in [0.717, 1.165) is 41.4 Å². The smallest absolute Gasteiger partial charge is 0.151 e. The Morgan fingerprint density at radius 3 is 1.45 bits per heavy atom. The van der Waals surface area contributed by atoms with Crippen LogP contribution in [0.15, 0.2) is 103 Å². The van der Waals surface area contributed by atoms with Crippen molar-refractivity contribution in [3.63, 3.8) is 0 Å². The molecule has 0 fully saturated rings. The van der Waals surface area contributed by atoms with E-state index < -0.39 is 0 Å². The highest BCUT2D eigenvalue weighted by molar-refractivity contribution is 5.90. The van der Waals surface area contributed by atoms with Crippen LogP contribution >= 0.6 is 0 Å². The van der Waals surface area contributed by atoms with Crippen molar-refractivity contribution in [1.82, 2.24) is 0 Å². The summed E-state index contributed by atoms with van der Waals surface area (Å²) in [6, 6.07) is 37.5. The Kier molecular flexibility index (Phi) is 6.25. The monoisotopic (exact) mass is 495 g/mol. The molecule has 0 aromatic heterocycles. The zero-order chi connectivity index (χ0) is 26.2. The molecule has 2 heteroatoms. The quantitative estimate of drug-likeness (QED) is 0.236. The molecule has 0 aliphatic carbocycles. The summed E-state index contributed by atoms with van der Waals surface area (Å²) < 4.78 is 6.31. The summed E-state index contributed by atoms with van der Waals surface area (Å²) in [4.78, 5) is 2.34. The van der Waals surface area contributed by atoms with Gasteiger partial charge in [-0.1, -0.05) is 85.6 Å². The van der Waals surface area contributed by atoms with Gasteiger partial charge in [-0.25, -0.2) is 0 Å². The van der Waals surface area contributed by atoms with Crippen molar-refractivity contribution < 1.29 is 4.74 Å². The van der Waals surface area contributed by atoms with E-state index in [-0.39, 0.29) is 0 Å². The Labute approximate surface area is 226 Å². The SMILES string of the molecule is CCc1cc(C)cc(-c2cc(-c3cc(C)cc(CC)c3)cc(N3c4ccccc4Oc4ccccc43)c2)c1. The number of hydrogen-bond donors (Lipinski definition) is 0. The molecule has 5 aromatic rings. The van der Waals surface area contributed by atoms with E-state index in [9.17, 15) is 0 Å². The lowest BCUT2D eigenvalue weighted by atomic mass is 9.93. The molecule has 38 heavy (non-hydrogen) atoms. The van der Waals surface area contributed by atoms with E-state index in [0.29, 0.717) is 0 Å². The zero-order valence-electron chi connectivity index (χ0n) is 22.6. The standard InChI is InChI=1S/C36H33NO/c1-5-26-15-24(3)17-28(19-26)30-21-31(29-18-25(4)16-27(6-2)20-29)23-32(22-30)37-33-11-7-9-13-35(33)38-36-14-10-8-12-34(36)37/h7-23H,5-6H2,1-4H3. The summed E-state index contributed by atoms with van der Waals surface area (Å²) in [7, 11) is 0. The van der Waals surface area contributed by atoms with Gasteiger partial charge >= 0.3 is 0 Å². The largest absolute Gasteiger partial charge is 0.453 e. The molecule has 0 saturated carbocycles. The van der Waals surface area contributed by atoms with E-state index in [2.05, 4.69) is 111 Å². The van der Waals surface area contributed by atoms with Crippen molar-refractivity contribution in [3.05, 3.63) is 125 Å². The number of hydrogen-bond acceptors (Lipinski definition) is 2. The maximum atomic E-state index is 6.31. The van der Waals surface area contributed by atoms with Crippen LogP contribution in [0.25, 0.3) is 22.3 Å². The van der Waals surface area contributed by atoms with E-state index in [4.69, 9.17) is 4.74 Å². The molecule has 0 saturated heterocycles. The highest BCUT2D eigenvalue weighted by Gasteiger charge is 2.26. The van der Waals surface area contributed by atoms with E-state index in [1.807, 2.05) is 24.3 Å². The van der Waals surface area contributed by atoms with Gasteiger partial charge in [0, 0.05) is 5.69 Å². The number of ether oxygens (including phenoxy) is 1. The summed E-state index contributed by atoms with van der Waals surface area (Å²) >= 11 is 0. The van der Waals surface area contributed by atoms with E-state index in [1.165, 1.54) is 44.5 Å². The van der Waals surface area contributed by atoms with Crippen LogP contribution in [0.3, 0.4) is 0 Å². The second-order valence-corrected chi connectivity index (χ2v) is 10.3. The first-order chi connectivity index (χ1) is 18.5. The maximum Gasteiger partial charge on any atom is 0.151 e. The lowest BCUT2D eigenvalue weighted by Crippen LogP contribution is -2.15. The molecule has 0 bridgehead atoms. The summed E-state index contributed by atoms with van der Waals surface area (Å²) in [6.07, 6.45) is 2.03. The van der Waals surface area contributed by atoms with Crippen molar-refractivity contribution >= 4 is 17.1 Å². The molecular formula is C36H33NO. The lowest BCUT2D eigenvalue weighted by Gasteiger charge is -2.33. The minimum Gasteiger partial charge on any atom is -0.453 e. The van der Waals surface area contributed by atoms with Crippen LogP contribution in [0.4, 0.5) is 17.1 Å². The first-order valence-electron chi connectivity index (χ1n) is 13.6. The molecular weight excluding hydrogens is 462 g/mol. The number of fused-ring (bicyclic) bond motifs is 2. The molecule has 5 aromatic carbocycles. The zero-order valence-corrected chi connectivity index (χ0v) is 22.6. The fourth-order valence-electron chi connectivity index (χ4n) is 5.52. The van der Waals surface area contributed by atoms with Crippen LogP contribution in [0.1, 0.15) is 36.1 Å². The van der Waals surface area contributed by atoms with Gasteiger partial charge in [0.05, 0.1) is 11.4 Å². The van der Waals surface area contributed by atoms with Gasteiger partial charge < -0.3 is 9.64 Å². The van der Waals surface area contributed by atoms with Crippen LogP contribution in [0.5, 0.6) is 11.5 Å². The van der Waals surface area contributed by atoms with Gasteiger partial charge in [-0.15, -0.1) is 0 Å². The van der Waals surface area contributed by atoms with Crippen molar-refractivity contribution in [2.45, 2.75) is 40.5 Å². The third kappa shape index (κ3) is 4.48. The molecule has 1 aliphatic heterocycles. The number of rotatable bonds is 5.